The molecule has 0 atom stereocenters. The molecule has 0 aliphatic heterocycles. The van der Waals surface area contributed by atoms with Gasteiger partial charge >= 0.3 is 6.18 Å². The highest BCUT2D eigenvalue weighted by molar-refractivity contribution is 7.80. The molecule has 0 heterocycles. The second-order valence-electron chi connectivity index (χ2n) is 2.96. The molecule has 1 aromatic rings. The average Bonchev–Trinajstić information content (AvgIpc) is 2.17. The number of benzene rings is 1. The van der Waals surface area contributed by atoms with Crippen LogP contribution in [0.15, 0.2) is 24.3 Å². The number of thiocarbonyl (C=S) groups is 1. The van der Waals surface area contributed by atoms with Gasteiger partial charge in [-0.15, -0.1) is 0 Å². The maximum Gasteiger partial charge on any atom is 0.416 e. The number of nitrogens with one attached hydrogen (secondary N) is 1. The van der Waals surface area contributed by atoms with E-state index in [4.69, 9.17) is 17.5 Å². The molecule has 0 aliphatic carbocycles. The summed E-state index contributed by atoms with van der Waals surface area (Å²) in [7, 11) is 0. The van der Waals surface area contributed by atoms with E-state index in [1.54, 1.807) is 6.07 Å². The van der Waals surface area contributed by atoms with Crippen molar-refractivity contribution in [3.05, 3.63) is 29.8 Å². The zero-order valence-corrected chi connectivity index (χ0v) is 8.82. The van der Waals surface area contributed by atoms with Crippen molar-refractivity contribution in [2.75, 3.05) is 5.32 Å². The highest BCUT2D eigenvalue weighted by Gasteiger charge is 2.30. The molecule has 0 unspecified atom stereocenters. The fraction of sp³-hybridized carbons (Fsp3) is 0.200. The topological polar surface area (TPSA) is 35.8 Å². The summed E-state index contributed by atoms with van der Waals surface area (Å²) in [6, 6.07) is 6.46. The van der Waals surface area contributed by atoms with Crippen molar-refractivity contribution < 1.29 is 13.2 Å². The molecule has 0 radical (unpaired) electrons. The van der Waals surface area contributed by atoms with E-state index in [0.717, 1.165) is 12.1 Å². The van der Waals surface area contributed by atoms with Crippen molar-refractivity contribution in [1.82, 2.24) is 0 Å². The molecule has 0 aromatic heterocycles. The van der Waals surface area contributed by atoms with Gasteiger partial charge in [-0.1, -0.05) is 18.3 Å². The summed E-state index contributed by atoms with van der Waals surface area (Å²) in [6.45, 7) is 0. The Morgan fingerprint density at radius 2 is 2.12 bits per heavy atom. The van der Waals surface area contributed by atoms with E-state index in [-0.39, 0.29) is 17.1 Å². The van der Waals surface area contributed by atoms with Crippen LogP contribution in [0.25, 0.3) is 0 Å². The van der Waals surface area contributed by atoms with Crippen LogP contribution in [0.2, 0.25) is 0 Å². The van der Waals surface area contributed by atoms with Gasteiger partial charge < -0.3 is 5.32 Å². The fourth-order valence-corrected chi connectivity index (χ4v) is 1.23. The summed E-state index contributed by atoms with van der Waals surface area (Å²) < 4.78 is 37.0. The van der Waals surface area contributed by atoms with Crippen molar-refractivity contribution in [3.8, 4) is 6.07 Å². The van der Waals surface area contributed by atoms with Crippen LogP contribution in [0.3, 0.4) is 0 Å². The minimum Gasteiger partial charge on any atom is -0.349 e. The van der Waals surface area contributed by atoms with Crippen molar-refractivity contribution >= 4 is 22.9 Å². The van der Waals surface area contributed by atoms with E-state index in [0.29, 0.717) is 0 Å². The van der Waals surface area contributed by atoms with Crippen molar-refractivity contribution in [2.24, 2.45) is 0 Å². The van der Waals surface area contributed by atoms with Crippen molar-refractivity contribution in [1.29, 1.82) is 5.26 Å². The van der Waals surface area contributed by atoms with Crippen LogP contribution in [0.5, 0.6) is 0 Å². The maximum absolute atomic E-state index is 12.3. The van der Waals surface area contributed by atoms with Gasteiger partial charge in [0.25, 0.3) is 0 Å². The van der Waals surface area contributed by atoms with Crippen molar-refractivity contribution in [2.45, 2.75) is 12.6 Å². The minimum atomic E-state index is -4.38. The monoisotopic (exact) mass is 244 g/mol. The SMILES string of the molecule is N#CCC(=S)Nc1cccc(C(F)(F)F)c1. The maximum atomic E-state index is 12.3. The Bertz CT molecular complexity index is 434. The number of nitrogens with zero attached hydrogens (tertiary/aromatic N) is 1. The molecule has 6 heteroatoms. The van der Waals surface area contributed by atoms with E-state index < -0.39 is 11.7 Å². The molecule has 2 nitrogen and oxygen atoms in total. The van der Waals surface area contributed by atoms with Crippen LogP contribution >= 0.6 is 12.2 Å². The Hall–Kier alpha value is -1.61. The van der Waals surface area contributed by atoms with Gasteiger partial charge in [-0.25, -0.2) is 0 Å². The molecule has 0 saturated carbocycles. The standard InChI is InChI=1S/C10H7F3N2S/c11-10(12,13)7-2-1-3-8(6-7)15-9(16)4-5-14/h1-3,6H,4H2,(H,15,16). The van der Waals surface area contributed by atoms with Crippen LogP contribution < -0.4 is 5.32 Å². The number of hydrogen-bond acceptors (Lipinski definition) is 2. The minimum absolute atomic E-state index is 0.0222. The average molecular weight is 244 g/mol. The quantitative estimate of drug-likeness (QED) is 0.810. The van der Waals surface area contributed by atoms with Crippen LogP contribution in [0, 0.1) is 11.3 Å². The summed E-state index contributed by atoms with van der Waals surface area (Å²) in [5.74, 6) is 0. The molecule has 0 spiro atoms. The van der Waals surface area contributed by atoms with Crippen LogP contribution in [-0.2, 0) is 6.18 Å². The Kier molecular flexibility index (Phi) is 3.85. The molecule has 0 amide bonds. The van der Waals surface area contributed by atoms with Gasteiger partial charge in [0.2, 0.25) is 0 Å². The number of halogens is 3. The third-order valence-electron chi connectivity index (χ3n) is 1.71. The largest absolute Gasteiger partial charge is 0.416 e. The highest BCUT2D eigenvalue weighted by atomic mass is 32.1. The van der Waals surface area contributed by atoms with Gasteiger partial charge in [-0.3, -0.25) is 0 Å². The number of anilines is 1. The lowest BCUT2D eigenvalue weighted by Crippen LogP contribution is -2.10. The Morgan fingerprint density at radius 3 is 2.69 bits per heavy atom. The summed E-state index contributed by atoms with van der Waals surface area (Å²) >= 11 is 4.76. The third kappa shape index (κ3) is 3.51. The summed E-state index contributed by atoms with van der Waals surface area (Å²) in [5, 5.41) is 10.9. The Morgan fingerprint density at radius 1 is 1.44 bits per heavy atom. The first-order chi connectivity index (χ1) is 7.43. The molecular formula is C10H7F3N2S. The predicted molar refractivity (Wildman–Crippen MR) is 57.9 cm³/mol. The molecular weight excluding hydrogens is 237 g/mol. The summed E-state index contributed by atoms with van der Waals surface area (Å²) in [4.78, 5) is 0.196. The zero-order chi connectivity index (χ0) is 12.2. The molecule has 1 N–H and O–H groups in total. The van der Waals surface area contributed by atoms with E-state index in [1.807, 2.05) is 0 Å². The highest BCUT2D eigenvalue weighted by Crippen LogP contribution is 2.30. The molecule has 1 aromatic carbocycles. The summed E-state index contributed by atoms with van der Waals surface area (Å²) in [6.07, 6.45) is -4.40. The normalized spacial score (nSPS) is 10.6. The van der Waals surface area contributed by atoms with Gasteiger partial charge in [-0.2, -0.15) is 18.4 Å². The van der Waals surface area contributed by atoms with Gasteiger partial charge in [0.05, 0.1) is 23.0 Å². The van der Waals surface area contributed by atoms with Crippen LogP contribution in [-0.4, -0.2) is 4.99 Å². The first-order valence-corrected chi connectivity index (χ1v) is 4.68. The third-order valence-corrected chi connectivity index (χ3v) is 1.96. The molecule has 0 aliphatic rings. The lowest BCUT2D eigenvalue weighted by Gasteiger charge is -2.09. The van der Waals surface area contributed by atoms with E-state index in [2.05, 4.69) is 5.32 Å². The molecule has 0 saturated heterocycles. The second kappa shape index (κ2) is 4.94. The van der Waals surface area contributed by atoms with Gasteiger partial charge in [0, 0.05) is 5.69 Å². The molecule has 84 valence electrons. The number of nitriles is 1. The molecule has 1 rings (SSSR count). The van der Waals surface area contributed by atoms with Gasteiger partial charge in [0.1, 0.15) is 0 Å². The van der Waals surface area contributed by atoms with E-state index in [1.165, 1.54) is 12.1 Å². The second-order valence-corrected chi connectivity index (χ2v) is 3.45. The smallest absolute Gasteiger partial charge is 0.349 e. The lowest BCUT2D eigenvalue weighted by molar-refractivity contribution is -0.137. The Balaban J connectivity index is 2.84. The number of alkyl halides is 3. The molecule has 16 heavy (non-hydrogen) atoms. The first-order valence-electron chi connectivity index (χ1n) is 4.27. The predicted octanol–water partition coefficient (Wildman–Crippen LogP) is 3.36. The summed E-state index contributed by atoms with van der Waals surface area (Å²) in [5.41, 5.74) is -0.521. The lowest BCUT2D eigenvalue weighted by atomic mass is 10.2. The molecule has 0 bridgehead atoms. The van der Waals surface area contributed by atoms with Crippen LogP contribution in [0.1, 0.15) is 12.0 Å². The van der Waals surface area contributed by atoms with E-state index in [9.17, 15) is 13.2 Å². The fourth-order valence-electron chi connectivity index (χ4n) is 1.05. The Labute approximate surface area is 95.7 Å². The van der Waals surface area contributed by atoms with Gasteiger partial charge in [-0.05, 0) is 18.2 Å². The van der Waals surface area contributed by atoms with Crippen molar-refractivity contribution in [3.63, 3.8) is 0 Å². The molecule has 0 fully saturated rings. The first kappa shape index (κ1) is 12.5. The zero-order valence-electron chi connectivity index (χ0n) is 8.01. The number of hydrogen-bond donors (Lipinski definition) is 1. The number of rotatable bonds is 2. The van der Waals surface area contributed by atoms with Gasteiger partial charge in [0.15, 0.2) is 0 Å². The van der Waals surface area contributed by atoms with E-state index >= 15 is 0 Å². The van der Waals surface area contributed by atoms with Crippen LogP contribution in [0.4, 0.5) is 18.9 Å².